The van der Waals surface area contributed by atoms with Crippen LogP contribution in [-0.4, -0.2) is 36.5 Å². The van der Waals surface area contributed by atoms with Gasteiger partial charge in [0.2, 0.25) is 5.91 Å². The maximum atomic E-state index is 12.3. The van der Waals surface area contributed by atoms with Gasteiger partial charge in [0.25, 0.3) is 0 Å². The number of likely N-dealkylation sites (tertiary alicyclic amines) is 1. The number of carbonyl (C=O) groups excluding carboxylic acids is 1. The van der Waals surface area contributed by atoms with Crippen molar-refractivity contribution in [1.82, 2.24) is 4.90 Å². The Bertz CT molecular complexity index is 770. The van der Waals surface area contributed by atoms with Crippen LogP contribution in [0.25, 0.3) is 0 Å². The average molecular weight is 409 g/mol. The molecule has 4 heteroatoms. The van der Waals surface area contributed by atoms with Crippen LogP contribution in [0.2, 0.25) is 0 Å². The number of hydrogen-bond donors (Lipinski definition) is 0. The van der Waals surface area contributed by atoms with Gasteiger partial charge in [-0.05, 0) is 37.0 Å². The first-order valence-corrected chi connectivity index (χ1v) is 11.5. The Kier molecular flexibility index (Phi) is 8.76. The van der Waals surface area contributed by atoms with Crippen LogP contribution < -0.4 is 9.64 Å². The lowest BCUT2D eigenvalue weighted by atomic mass is 10.1. The highest BCUT2D eigenvalue weighted by atomic mass is 16.5. The first-order valence-electron chi connectivity index (χ1n) is 11.5. The molecule has 0 spiro atoms. The molecule has 1 fully saturated rings. The predicted molar refractivity (Wildman–Crippen MR) is 124 cm³/mol. The molecule has 30 heavy (non-hydrogen) atoms. The second kappa shape index (κ2) is 11.8. The molecule has 0 aliphatic carbocycles. The molecule has 1 saturated heterocycles. The van der Waals surface area contributed by atoms with E-state index in [9.17, 15) is 4.79 Å². The van der Waals surface area contributed by atoms with E-state index in [1.54, 1.807) is 6.92 Å². The Morgan fingerprint density at radius 1 is 1.00 bits per heavy atom. The van der Waals surface area contributed by atoms with Crippen molar-refractivity contribution in [3.8, 4) is 5.75 Å². The Hall–Kier alpha value is -2.33. The highest BCUT2D eigenvalue weighted by Crippen LogP contribution is 2.31. The summed E-state index contributed by atoms with van der Waals surface area (Å²) >= 11 is 0. The van der Waals surface area contributed by atoms with E-state index >= 15 is 0 Å². The first-order chi connectivity index (χ1) is 14.7. The molecule has 0 N–H and O–H groups in total. The number of hydrogen-bond acceptors (Lipinski definition) is 3. The van der Waals surface area contributed by atoms with Crippen molar-refractivity contribution in [3.63, 3.8) is 0 Å². The summed E-state index contributed by atoms with van der Waals surface area (Å²) in [6.07, 6.45) is 6.82. The van der Waals surface area contributed by atoms with E-state index < -0.39 is 0 Å². The highest BCUT2D eigenvalue weighted by molar-refractivity contribution is 5.93. The van der Waals surface area contributed by atoms with Crippen molar-refractivity contribution in [2.75, 3.05) is 24.5 Å². The van der Waals surface area contributed by atoms with Crippen LogP contribution in [0.4, 0.5) is 5.69 Å². The number of rotatable bonds is 10. The maximum Gasteiger partial charge on any atom is 0.223 e. The van der Waals surface area contributed by atoms with Gasteiger partial charge >= 0.3 is 0 Å². The van der Waals surface area contributed by atoms with Crippen LogP contribution >= 0.6 is 0 Å². The predicted octanol–water partition coefficient (Wildman–Crippen LogP) is 5.66. The number of piperidine rings is 1. The third-order valence-corrected chi connectivity index (χ3v) is 5.85. The van der Waals surface area contributed by atoms with E-state index in [0.29, 0.717) is 0 Å². The number of unbranched alkanes of at least 4 members (excludes halogenated alkanes) is 3. The van der Waals surface area contributed by atoms with Gasteiger partial charge in [0.05, 0.1) is 5.69 Å². The van der Waals surface area contributed by atoms with Gasteiger partial charge < -0.3 is 9.64 Å². The number of ether oxygens (including phenoxy) is 1. The van der Waals surface area contributed by atoms with E-state index in [1.807, 2.05) is 29.2 Å². The molecular formula is C26H36N2O2. The highest BCUT2D eigenvalue weighted by Gasteiger charge is 2.23. The van der Waals surface area contributed by atoms with Gasteiger partial charge in [-0.3, -0.25) is 9.69 Å². The minimum atomic E-state index is 0.0835. The summed E-state index contributed by atoms with van der Waals surface area (Å²) in [6, 6.07) is 18.7. The minimum absolute atomic E-state index is 0.0835. The number of nitrogens with zero attached hydrogens (tertiary/aromatic N) is 2. The van der Waals surface area contributed by atoms with Crippen molar-refractivity contribution in [1.29, 1.82) is 0 Å². The van der Waals surface area contributed by atoms with Crippen LogP contribution in [-0.2, 0) is 11.3 Å². The number of benzene rings is 2. The molecule has 0 radical (unpaired) electrons. The summed E-state index contributed by atoms with van der Waals surface area (Å²) in [6.45, 7) is 7.69. The number of amides is 1. The zero-order valence-electron chi connectivity index (χ0n) is 18.6. The minimum Gasteiger partial charge on any atom is -0.488 e. The lowest BCUT2D eigenvalue weighted by molar-refractivity contribution is -0.116. The Balaban J connectivity index is 1.57. The quantitative estimate of drug-likeness (QED) is 0.475. The second-order valence-corrected chi connectivity index (χ2v) is 8.28. The van der Waals surface area contributed by atoms with Gasteiger partial charge in [-0.15, -0.1) is 0 Å². The van der Waals surface area contributed by atoms with Gasteiger partial charge in [0.15, 0.2) is 0 Å². The fourth-order valence-electron chi connectivity index (χ4n) is 4.13. The molecule has 0 saturated carbocycles. The average Bonchev–Trinajstić information content (AvgIpc) is 2.76. The lowest BCUT2D eigenvalue weighted by Gasteiger charge is -2.33. The number of para-hydroxylation sites is 2. The smallest absolute Gasteiger partial charge is 0.223 e. The third-order valence-electron chi connectivity index (χ3n) is 5.85. The van der Waals surface area contributed by atoms with Crippen LogP contribution in [0, 0.1) is 0 Å². The Morgan fingerprint density at radius 2 is 1.70 bits per heavy atom. The third kappa shape index (κ3) is 6.60. The molecule has 1 aliphatic rings. The van der Waals surface area contributed by atoms with Gasteiger partial charge in [-0.1, -0.05) is 68.7 Å². The van der Waals surface area contributed by atoms with Crippen molar-refractivity contribution in [2.24, 2.45) is 0 Å². The summed E-state index contributed by atoms with van der Waals surface area (Å²) in [5.41, 5.74) is 2.27. The molecule has 0 bridgehead atoms. The Labute approximate surface area is 181 Å². The molecule has 1 heterocycles. The van der Waals surface area contributed by atoms with Crippen LogP contribution in [0.5, 0.6) is 5.75 Å². The van der Waals surface area contributed by atoms with Crippen molar-refractivity contribution in [2.45, 2.75) is 65.0 Å². The molecule has 162 valence electrons. The summed E-state index contributed by atoms with van der Waals surface area (Å²) in [5, 5.41) is 0. The Morgan fingerprint density at radius 3 is 2.40 bits per heavy atom. The topological polar surface area (TPSA) is 32.8 Å². The number of carbonyl (C=O) groups is 1. The summed E-state index contributed by atoms with van der Waals surface area (Å²) in [7, 11) is 0. The number of anilines is 1. The van der Waals surface area contributed by atoms with E-state index in [-0.39, 0.29) is 12.0 Å². The zero-order valence-corrected chi connectivity index (χ0v) is 18.6. The molecule has 4 nitrogen and oxygen atoms in total. The molecule has 2 aromatic rings. The summed E-state index contributed by atoms with van der Waals surface area (Å²) in [4.78, 5) is 16.7. The second-order valence-electron chi connectivity index (χ2n) is 8.28. The van der Waals surface area contributed by atoms with Gasteiger partial charge in [-0.25, -0.2) is 0 Å². The fraction of sp³-hybridized carbons (Fsp3) is 0.500. The normalized spacial score (nSPS) is 15.1. The molecule has 0 unspecified atom stereocenters. The SMILES string of the molecule is CCCCCCN(C(C)=O)c1ccccc1OC1CCN(Cc2ccccc2)CC1. The maximum absolute atomic E-state index is 12.3. The van der Waals surface area contributed by atoms with Gasteiger partial charge in [0.1, 0.15) is 11.9 Å². The standard InChI is InChI=1S/C26H36N2O2/c1-3-4-5-11-18-28(22(2)29)25-14-9-10-15-26(25)30-24-16-19-27(20-17-24)21-23-12-7-6-8-13-23/h6-10,12-15,24H,3-5,11,16-21H2,1-2H3. The molecular weight excluding hydrogens is 372 g/mol. The lowest BCUT2D eigenvalue weighted by Crippen LogP contribution is -2.38. The zero-order chi connectivity index (χ0) is 21.2. The van der Waals surface area contributed by atoms with Crippen molar-refractivity contribution in [3.05, 3.63) is 60.2 Å². The van der Waals surface area contributed by atoms with Crippen molar-refractivity contribution >= 4 is 11.6 Å². The van der Waals surface area contributed by atoms with Gasteiger partial charge in [-0.2, -0.15) is 0 Å². The monoisotopic (exact) mass is 408 g/mol. The molecule has 0 atom stereocenters. The van der Waals surface area contributed by atoms with Crippen LogP contribution in [0.15, 0.2) is 54.6 Å². The molecule has 1 aliphatic heterocycles. The molecule has 1 amide bonds. The summed E-state index contributed by atoms with van der Waals surface area (Å²) in [5.74, 6) is 0.921. The summed E-state index contributed by atoms with van der Waals surface area (Å²) < 4.78 is 6.42. The molecule has 0 aromatic heterocycles. The largest absolute Gasteiger partial charge is 0.488 e. The van der Waals surface area contributed by atoms with Crippen LogP contribution in [0.3, 0.4) is 0 Å². The molecule has 3 rings (SSSR count). The first kappa shape index (κ1) is 22.4. The molecule has 2 aromatic carbocycles. The van der Waals surface area contributed by atoms with E-state index in [2.05, 4.69) is 42.2 Å². The van der Waals surface area contributed by atoms with Crippen LogP contribution in [0.1, 0.15) is 57.9 Å². The van der Waals surface area contributed by atoms with Crippen molar-refractivity contribution < 1.29 is 9.53 Å². The fourth-order valence-corrected chi connectivity index (χ4v) is 4.13. The van der Waals surface area contributed by atoms with E-state index in [0.717, 1.165) is 63.3 Å². The van der Waals surface area contributed by atoms with Gasteiger partial charge in [0, 0.05) is 33.1 Å². The van der Waals surface area contributed by atoms with E-state index in [1.165, 1.54) is 18.4 Å². The van der Waals surface area contributed by atoms with E-state index in [4.69, 9.17) is 4.74 Å².